The zero-order chi connectivity index (χ0) is 17.6. The number of pyridine rings is 1. The van der Waals surface area contributed by atoms with Crippen LogP contribution in [-0.2, 0) is 0 Å². The molecule has 0 aliphatic carbocycles. The lowest BCUT2D eigenvalue weighted by Gasteiger charge is -2.11. The summed E-state index contributed by atoms with van der Waals surface area (Å²) < 4.78 is 13.9. The average Bonchev–Trinajstić information content (AvgIpc) is 2.67. The summed E-state index contributed by atoms with van der Waals surface area (Å²) in [5.74, 6) is 1.58. The minimum absolute atomic E-state index is 0.661. The number of ether oxygens (including phenoxy) is 2. The number of benzene rings is 2. The summed E-state index contributed by atoms with van der Waals surface area (Å²) in [6.07, 6.45) is 3.60. The lowest BCUT2D eigenvalue weighted by molar-refractivity contribution is 0.405. The van der Waals surface area contributed by atoms with Crippen LogP contribution in [0.1, 0.15) is 0 Å². The molecular formula is C19H17ClN2O2S. The van der Waals surface area contributed by atoms with Gasteiger partial charge in [-0.1, -0.05) is 23.7 Å². The van der Waals surface area contributed by atoms with E-state index in [9.17, 15) is 0 Å². The van der Waals surface area contributed by atoms with Gasteiger partial charge in [0.1, 0.15) is 11.5 Å². The number of methoxy groups -OCH3 is 2. The van der Waals surface area contributed by atoms with Crippen LogP contribution in [0.25, 0.3) is 11.1 Å². The molecular weight excluding hydrogens is 356 g/mol. The van der Waals surface area contributed by atoms with Crippen molar-refractivity contribution in [3.05, 3.63) is 65.9 Å². The van der Waals surface area contributed by atoms with Crippen LogP contribution < -0.4 is 14.2 Å². The molecule has 1 heterocycles. The standard InChI is InChI=1S/C19H17ClN2O2S/c1-23-17-5-3-4-13(9-17)14-8-16(12-21-11-14)22-25-19-10-15(20)6-7-18(19)24-2/h3-12,22H,1-2H3. The SMILES string of the molecule is COc1cccc(-c2cncc(NSc3cc(Cl)ccc3OC)c2)c1. The maximum absolute atomic E-state index is 6.07. The predicted octanol–water partition coefficient (Wildman–Crippen LogP) is 5.54. The highest BCUT2D eigenvalue weighted by molar-refractivity contribution is 8.00. The summed E-state index contributed by atoms with van der Waals surface area (Å²) in [7, 11) is 3.29. The Kier molecular flexibility index (Phi) is 5.68. The van der Waals surface area contributed by atoms with Gasteiger partial charge < -0.3 is 14.2 Å². The average molecular weight is 373 g/mol. The number of hydrogen-bond acceptors (Lipinski definition) is 5. The molecule has 0 aliphatic heterocycles. The smallest absolute Gasteiger partial charge is 0.134 e. The molecule has 3 rings (SSSR count). The molecule has 0 unspecified atom stereocenters. The van der Waals surface area contributed by atoms with Crippen LogP contribution >= 0.6 is 23.5 Å². The number of halogens is 1. The fraction of sp³-hybridized carbons (Fsp3) is 0.105. The first-order chi connectivity index (χ1) is 12.2. The van der Waals surface area contributed by atoms with Crippen LogP contribution in [0.5, 0.6) is 11.5 Å². The predicted molar refractivity (Wildman–Crippen MR) is 104 cm³/mol. The summed E-state index contributed by atoms with van der Waals surface area (Å²) in [5, 5.41) is 0.661. The minimum Gasteiger partial charge on any atom is -0.497 e. The molecule has 0 radical (unpaired) electrons. The van der Waals surface area contributed by atoms with Crippen LogP contribution in [-0.4, -0.2) is 19.2 Å². The number of hydrogen-bond donors (Lipinski definition) is 1. The molecule has 1 N–H and O–H groups in total. The van der Waals surface area contributed by atoms with Gasteiger partial charge >= 0.3 is 0 Å². The summed E-state index contributed by atoms with van der Waals surface area (Å²) in [6.45, 7) is 0. The number of anilines is 1. The molecule has 0 saturated heterocycles. The Morgan fingerprint density at radius 1 is 0.960 bits per heavy atom. The van der Waals surface area contributed by atoms with E-state index in [0.717, 1.165) is 33.2 Å². The molecule has 128 valence electrons. The van der Waals surface area contributed by atoms with E-state index >= 15 is 0 Å². The molecule has 0 fully saturated rings. The first-order valence-corrected chi connectivity index (χ1v) is 8.75. The molecule has 0 saturated carbocycles. The molecule has 0 amide bonds. The highest BCUT2D eigenvalue weighted by Crippen LogP contribution is 2.33. The van der Waals surface area contributed by atoms with Gasteiger partial charge in [0, 0.05) is 16.8 Å². The first kappa shape index (κ1) is 17.5. The summed E-state index contributed by atoms with van der Waals surface area (Å²) >= 11 is 7.49. The van der Waals surface area contributed by atoms with E-state index in [2.05, 4.69) is 9.71 Å². The van der Waals surface area contributed by atoms with Gasteiger partial charge in [0.05, 0.1) is 31.0 Å². The Hall–Kier alpha value is -2.37. The lowest BCUT2D eigenvalue weighted by Crippen LogP contribution is -1.92. The summed E-state index contributed by atoms with van der Waals surface area (Å²) in [5.41, 5.74) is 2.93. The molecule has 25 heavy (non-hydrogen) atoms. The van der Waals surface area contributed by atoms with E-state index in [0.29, 0.717) is 5.02 Å². The van der Waals surface area contributed by atoms with Crippen molar-refractivity contribution in [2.45, 2.75) is 4.90 Å². The number of rotatable bonds is 6. The molecule has 6 heteroatoms. The van der Waals surface area contributed by atoms with E-state index in [1.165, 1.54) is 11.9 Å². The van der Waals surface area contributed by atoms with Crippen molar-refractivity contribution in [2.75, 3.05) is 18.9 Å². The Morgan fingerprint density at radius 3 is 2.64 bits per heavy atom. The monoisotopic (exact) mass is 372 g/mol. The maximum Gasteiger partial charge on any atom is 0.134 e. The quantitative estimate of drug-likeness (QED) is 0.575. The van der Waals surface area contributed by atoms with Crippen molar-refractivity contribution in [1.29, 1.82) is 0 Å². The minimum atomic E-state index is 0.661. The normalized spacial score (nSPS) is 10.4. The van der Waals surface area contributed by atoms with Crippen LogP contribution in [0.3, 0.4) is 0 Å². The highest BCUT2D eigenvalue weighted by atomic mass is 35.5. The highest BCUT2D eigenvalue weighted by Gasteiger charge is 2.06. The topological polar surface area (TPSA) is 43.4 Å². The van der Waals surface area contributed by atoms with Gasteiger partial charge in [0.2, 0.25) is 0 Å². The molecule has 4 nitrogen and oxygen atoms in total. The van der Waals surface area contributed by atoms with Gasteiger partial charge in [-0.2, -0.15) is 0 Å². The molecule has 0 aliphatic rings. The molecule has 0 spiro atoms. The van der Waals surface area contributed by atoms with Crippen molar-refractivity contribution in [3.8, 4) is 22.6 Å². The second-order valence-electron chi connectivity index (χ2n) is 5.19. The summed E-state index contributed by atoms with van der Waals surface area (Å²) in [6, 6.07) is 15.4. The maximum atomic E-state index is 6.07. The van der Waals surface area contributed by atoms with Crippen LogP contribution in [0.15, 0.2) is 65.8 Å². The fourth-order valence-corrected chi connectivity index (χ4v) is 3.31. The molecule has 3 aromatic rings. The van der Waals surface area contributed by atoms with Crippen molar-refractivity contribution in [1.82, 2.24) is 4.98 Å². The van der Waals surface area contributed by atoms with E-state index in [1.807, 2.05) is 48.7 Å². The largest absolute Gasteiger partial charge is 0.497 e. The third kappa shape index (κ3) is 4.38. The second-order valence-corrected chi connectivity index (χ2v) is 6.48. The van der Waals surface area contributed by atoms with Crippen molar-refractivity contribution in [3.63, 3.8) is 0 Å². The van der Waals surface area contributed by atoms with Gasteiger partial charge in [-0.25, -0.2) is 0 Å². The Balaban J connectivity index is 1.79. The number of nitrogens with zero attached hydrogens (tertiary/aromatic N) is 1. The molecule has 2 aromatic carbocycles. The Morgan fingerprint density at radius 2 is 1.84 bits per heavy atom. The third-order valence-electron chi connectivity index (χ3n) is 3.55. The van der Waals surface area contributed by atoms with Crippen molar-refractivity contribution >= 4 is 29.2 Å². The van der Waals surface area contributed by atoms with Crippen LogP contribution in [0, 0.1) is 0 Å². The number of aromatic nitrogens is 1. The van der Waals surface area contributed by atoms with E-state index in [-0.39, 0.29) is 0 Å². The van der Waals surface area contributed by atoms with E-state index in [1.54, 1.807) is 26.5 Å². The zero-order valence-corrected chi connectivity index (χ0v) is 15.4. The Labute approximate surface area is 156 Å². The van der Waals surface area contributed by atoms with Gasteiger partial charge in [-0.05, 0) is 53.9 Å². The van der Waals surface area contributed by atoms with Crippen molar-refractivity contribution < 1.29 is 9.47 Å². The first-order valence-electron chi connectivity index (χ1n) is 7.55. The van der Waals surface area contributed by atoms with E-state index in [4.69, 9.17) is 21.1 Å². The van der Waals surface area contributed by atoms with Gasteiger partial charge in [0.15, 0.2) is 0 Å². The molecule has 0 bridgehead atoms. The lowest BCUT2D eigenvalue weighted by atomic mass is 10.1. The second kappa shape index (κ2) is 8.14. The number of nitrogens with one attached hydrogen (secondary N) is 1. The van der Waals surface area contributed by atoms with E-state index < -0.39 is 0 Å². The van der Waals surface area contributed by atoms with Crippen LogP contribution in [0.2, 0.25) is 5.02 Å². The third-order valence-corrected chi connectivity index (χ3v) is 4.66. The van der Waals surface area contributed by atoms with Gasteiger partial charge in [0.25, 0.3) is 0 Å². The molecule has 1 aromatic heterocycles. The fourth-order valence-electron chi connectivity index (χ4n) is 2.30. The molecule has 0 atom stereocenters. The van der Waals surface area contributed by atoms with Gasteiger partial charge in [-0.3, -0.25) is 4.98 Å². The van der Waals surface area contributed by atoms with Crippen LogP contribution in [0.4, 0.5) is 5.69 Å². The Bertz CT molecular complexity index is 874. The van der Waals surface area contributed by atoms with Gasteiger partial charge in [-0.15, -0.1) is 0 Å². The van der Waals surface area contributed by atoms with Crippen molar-refractivity contribution in [2.24, 2.45) is 0 Å². The zero-order valence-electron chi connectivity index (χ0n) is 13.8. The summed E-state index contributed by atoms with van der Waals surface area (Å²) in [4.78, 5) is 5.22.